The zero-order valence-corrected chi connectivity index (χ0v) is 15.5. The maximum Gasteiger partial charge on any atom is 3.00 e. The predicted octanol–water partition coefficient (Wildman–Crippen LogP) is -20.5. The minimum atomic E-state index is -4.01. The van der Waals surface area contributed by atoms with Gasteiger partial charge < -0.3 is 36.4 Å². The van der Waals surface area contributed by atoms with Gasteiger partial charge in [-0.3, -0.25) is 0 Å². The number of rotatable bonds is 0. The third-order valence-electron chi connectivity index (χ3n) is 0. The van der Waals surface area contributed by atoms with Gasteiger partial charge in [0.1, 0.15) is 0 Å². The van der Waals surface area contributed by atoms with E-state index < -0.39 is 63.2 Å². The minimum Gasteiger partial charge on any atom is -0.427 e. The van der Waals surface area contributed by atoms with E-state index in [0.29, 0.717) is 0 Å². The monoisotopic (exact) mass is 685 g/mol. The summed E-state index contributed by atoms with van der Waals surface area (Å²) in [5.41, 5.74) is 0. The van der Waals surface area contributed by atoms with Gasteiger partial charge in [-0.15, -0.1) is 0 Å². The third kappa shape index (κ3) is 307. The Morgan fingerprint density at radius 2 is 0.429 bits per heavy atom. The molecule has 0 saturated carbocycles. The van der Waals surface area contributed by atoms with Crippen molar-refractivity contribution in [3.05, 3.63) is 0 Å². The smallest absolute Gasteiger partial charge is 0.427 e. The van der Waals surface area contributed by atoms with Crippen LogP contribution >= 0.6 is 0 Å². The van der Waals surface area contributed by atoms with E-state index in [1.54, 1.807) is 0 Å². The molecule has 0 spiro atoms. The normalized spacial score (nSPS) is 7.71. The molecule has 0 unspecified atom stereocenters. The standard InChI is InChI=1S/3IO3.Nd.H2O/c3*2-1(3)4;;/h;;;;1H2/q3*-1;+3;. The van der Waals surface area contributed by atoms with Crippen LogP contribution < -0.4 is 94.1 Å². The maximum absolute atomic E-state index is 8.57. The summed E-state index contributed by atoms with van der Waals surface area (Å²) in [4.78, 5) is 0. The number of hydrogen-bond donors (Lipinski definition) is 0. The van der Waals surface area contributed by atoms with Gasteiger partial charge in [0.05, 0.1) is 0 Å². The number of halogens is 3. The van der Waals surface area contributed by atoms with Crippen LogP contribution in [0.1, 0.15) is 0 Å². The predicted molar refractivity (Wildman–Crippen MR) is 3.61 cm³/mol. The van der Waals surface area contributed by atoms with Crippen LogP contribution in [0.3, 0.4) is 0 Å². The van der Waals surface area contributed by atoms with Crippen LogP contribution in [0.25, 0.3) is 0 Å². The van der Waals surface area contributed by atoms with Crippen LogP contribution in [-0.2, 0) is 0 Å². The zero-order valence-electron chi connectivity index (χ0n) is 5.81. The van der Waals surface area contributed by atoms with Crippen molar-refractivity contribution in [1.82, 2.24) is 0 Å². The summed E-state index contributed by atoms with van der Waals surface area (Å²) < 4.78 is 77.2. The average Bonchev–Trinajstić information content (AvgIpc) is 1.54. The molecule has 0 aliphatic rings. The Bertz CT molecular complexity index is 43.9. The van der Waals surface area contributed by atoms with Gasteiger partial charge in [0.15, 0.2) is 0 Å². The van der Waals surface area contributed by atoms with Crippen LogP contribution in [0.4, 0.5) is 0 Å². The van der Waals surface area contributed by atoms with Gasteiger partial charge in [-0.05, 0) is 0 Å². The first kappa shape index (κ1) is 30.3. The fourth-order valence-corrected chi connectivity index (χ4v) is 0. The molecule has 14 heavy (non-hydrogen) atoms. The van der Waals surface area contributed by atoms with Crippen molar-refractivity contribution < 1.29 is 140 Å². The number of hydrogen-bond acceptors (Lipinski definition) is 9. The maximum atomic E-state index is 8.57. The van der Waals surface area contributed by atoms with Crippen LogP contribution in [0.2, 0.25) is 0 Å². The molecule has 0 aromatic heterocycles. The van der Waals surface area contributed by atoms with Crippen molar-refractivity contribution in [2.45, 2.75) is 0 Å². The van der Waals surface area contributed by atoms with E-state index in [1.807, 2.05) is 0 Å². The van der Waals surface area contributed by atoms with E-state index in [9.17, 15) is 0 Å². The van der Waals surface area contributed by atoms with Crippen LogP contribution in [0.5, 0.6) is 0 Å². The Balaban J connectivity index is -0.0000000270. The molecular formula is H2I3NdO10. The molecule has 2 N–H and O–H groups in total. The molecule has 14 heteroatoms. The van der Waals surface area contributed by atoms with E-state index in [1.165, 1.54) is 0 Å². The molecular weight excluding hydrogens is 685 g/mol. The van der Waals surface area contributed by atoms with Gasteiger partial charge in [0.25, 0.3) is 63.2 Å². The van der Waals surface area contributed by atoms with Gasteiger partial charge in [0.2, 0.25) is 0 Å². The summed E-state index contributed by atoms with van der Waals surface area (Å²) >= 11 is -12.0. The molecule has 0 aliphatic carbocycles. The first-order chi connectivity index (χ1) is 5.20. The summed E-state index contributed by atoms with van der Waals surface area (Å²) in [6.45, 7) is 0. The van der Waals surface area contributed by atoms with Crippen molar-refractivity contribution in [2.24, 2.45) is 0 Å². The van der Waals surface area contributed by atoms with E-state index in [4.69, 9.17) is 30.9 Å². The summed E-state index contributed by atoms with van der Waals surface area (Å²) in [5.74, 6) is 0. The van der Waals surface area contributed by atoms with Gasteiger partial charge in [-0.25, -0.2) is 0 Å². The molecule has 1 radical (unpaired) electrons. The second-order valence-corrected chi connectivity index (χ2v) is 3.80. The van der Waals surface area contributed by atoms with Crippen molar-refractivity contribution in [1.29, 1.82) is 0 Å². The second kappa shape index (κ2) is 25.1. The second-order valence-electron chi connectivity index (χ2n) is 0.567. The first-order valence-electron chi connectivity index (χ1n) is 1.39. The van der Waals surface area contributed by atoms with E-state index in [0.717, 1.165) is 0 Å². The van der Waals surface area contributed by atoms with Crippen molar-refractivity contribution >= 4 is 0 Å². The van der Waals surface area contributed by atoms with Crippen LogP contribution in [0, 0.1) is 40.8 Å². The molecule has 0 fully saturated rings. The Kier molecular flexibility index (Phi) is 54.3. The largest absolute Gasteiger partial charge is 3.00 e. The Morgan fingerprint density at radius 1 is 0.429 bits per heavy atom. The fraction of sp³-hybridized carbons (Fsp3) is 0. The summed E-state index contributed by atoms with van der Waals surface area (Å²) in [6.07, 6.45) is 0. The van der Waals surface area contributed by atoms with Gasteiger partial charge in [0, 0.05) is 0 Å². The van der Waals surface area contributed by atoms with Crippen LogP contribution in [-0.4, -0.2) is 5.48 Å². The Hall–Kier alpha value is 3.14. The van der Waals surface area contributed by atoms with E-state index in [2.05, 4.69) is 0 Å². The molecule has 0 atom stereocenters. The first-order valence-corrected chi connectivity index (χ1v) is 9.32. The molecule has 0 rings (SSSR count). The topological polar surface area (TPSA) is 239 Å². The van der Waals surface area contributed by atoms with Gasteiger partial charge in [-0.2, -0.15) is 0 Å². The molecule has 0 saturated heterocycles. The zero-order chi connectivity index (χ0) is 10.7. The fourth-order valence-electron chi connectivity index (χ4n) is 0. The summed E-state index contributed by atoms with van der Waals surface area (Å²) in [5, 5.41) is 0. The molecule has 0 aromatic carbocycles. The molecule has 0 amide bonds. The average molecular weight is 687 g/mol. The summed E-state index contributed by atoms with van der Waals surface area (Å²) in [7, 11) is 0. The SMILES string of the molecule is O.[Nd+3].[O-][I+2]([O-])[O-].[O-][I+2]([O-])[O-].[O-][I+2]([O-])[O-]. The van der Waals surface area contributed by atoms with E-state index in [-0.39, 0.29) is 46.3 Å². The molecule has 0 bridgehead atoms. The molecule has 10 nitrogen and oxygen atoms in total. The molecule has 87 valence electrons. The minimum absolute atomic E-state index is 0. The third-order valence-corrected chi connectivity index (χ3v) is 0. The Labute approximate surface area is 138 Å². The summed E-state index contributed by atoms with van der Waals surface area (Å²) in [6, 6.07) is 0. The molecule has 0 heterocycles. The molecule has 0 aromatic rings. The van der Waals surface area contributed by atoms with E-state index >= 15 is 0 Å². The van der Waals surface area contributed by atoms with Crippen molar-refractivity contribution in [2.75, 3.05) is 0 Å². The van der Waals surface area contributed by atoms with Gasteiger partial charge >= 0.3 is 40.8 Å². The quantitative estimate of drug-likeness (QED) is 0.220. The Morgan fingerprint density at radius 3 is 0.429 bits per heavy atom. The molecule has 0 aliphatic heterocycles. The van der Waals surface area contributed by atoms with Crippen LogP contribution in [0.15, 0.2) is 0 Å². The van der Waals surface area contributed by atoms with Crippen molar-refractivity contribution in [3.63, 3.8) is 0 Å². The van der Waals surface area contributed by atoms with Crippen molar-refractivity contribution in [3.8, 4) is 0 Å². The van der Waals surface area contributed by atoms with Gasteiger partial charge in [-0.1, -0.05) is 0 Å².